The van der Waals surface area contributed by atoms with E-state index in [0.717, 1.165) is 43.5 Å². The Morgan fingerprint density at radius 3 is 2.50 bits per heavy atom. The molecule has 0 aromatic heterocycles. The van der Waals surface area contributed by atoms with Crippen LogP contribution in [0.15, 0.2) is 65.6 Å². The summed E-state index contributed by atoms with van der Waals surface area (Å²) in [6.07, 6.45) is 5.07. The largest absolute Gasteiger partial charge is 0.445 e. The molecule has 13 heteroatoms. The Morgan fingerprint density at radius 2 is 1.79 bits per heavy atom. The lowest BCUT2D eigenvalue weighted by Gasteiger charge is -2.30. The van der Waals surface area contributed by atoms with Crippen molar-refractivity contribution in [1.29, 1.82) is 5.41 Å². The van der Waals surface area contributed by atoms with Gasteiger partial charge in [-0.3, -0.25) is 15.0 Å². The molecule has 4 atom stereocenters. The smallest absolute Gasteiger partial charge is 0.408 e. The van der Waals surface area contributed by atoms with Crippen LogP contribution in [0.3, 0.4) is 0 Å². The predicted molar refractivity (Wildman–Crippen MR) is 188 cm³/mol. The SMILES string of the molecule is N=C(N)C1=CCC(CNC(=O)[C@@H]2C[C@@H](OCc3ccc(Cl)cc3)CN2C(=O)[C@@H](CCC2CCNCC2)NC(=O)OCc2ccccc2)S1. The van der Waals surface area contributed by atoms with Crippen molar-refractivity contribution in [3.8, 4) is 0 Å². The van der Waals surface area contributed by atoms with Gasteiger partial charge < -0.3 is 36.1 Å². The number of carbonyl (C=O) groups is 3. The molecule has 2 saturated heterocycles. The minimum Gasteiger partial charge on any atom is -0.445 e. The van der Waals surface area contributed by atoms with E-state index in [1.165, 1.54) is 11.8 Å². The Hall–Kier alpha value is -3.58. The van der Waals surface area contributed by atoms with Crippen molar-refractivity contribution in [1.82, 2.24) is 20.9 Å². The molecule has 3 heterocycles. The molecule has 0 saturated carbocycles. The van der Waals surface area contributed by atoms with Gasteiger partial charge in [-0.05, 0) is 74.4 Å². The number of rotatable bonds is 14. The number of alkyl carbamates (subject to hydrolysis) is 1. The number of benzene rings is 2. The number of amides is 3. The summed E-state index contributed by atoms with van der Waals surface area (Å²) in [5, 5.41) is 17.6. The van der Waals surface area contributed by atoms with Crippen LogP contribution in [0.25, 0.3) is 0 Å². The van der Waals surface area contributed by atoms with Crippen molar-refractivity contribution in [2.45, 2.75) is 75.2 Å². The van der Waals surface area contributed by atoms with Crippen LogP contribution in [0.4, 0.5) is 4.79 Å². The maximum atomic E-state index is 14.3. The quantitative estimate of drug-likeness (QED) is 0.144. The molecule has 5 rings (SSSR count). The molecule has 0 spiro atoms. The molecule has 3 amide bonds. The fourth-order valence-electron chi connectivity index (χ4n) is 6.29. The van der Waals surface area contributed by atoms with Crippen LogP contribution in [0.5, 0.6) is 0 Å². The molecule has 2 aromatic rings. The Balaban J connectivity index is 1.27. The van der Waals surface area contributed by atoms with Crippen LogP contribution in [0.2, 0.25) is 5.02 Å². The number of piperidine rings is 1. The molecule has 6 N–H and O–H groups in total. The number of nitrogens with zero attached hydrogens (tertiary/aromatic N) is 1. The number of nitrogens with one attached hydrogen (secondary N) is 4. The summed E-state index contributed by atoms with van der Waals surface area (Å²) >= 11 is 7.51. The van der Waals surface area contributed by atoms with E-state index in [4.69, 9.17) is 32.2 Å². The third kappa shape index (κ3) is 10.5. The van der Waals surface area contributed by atoms with E-state index in [-0.39, 0.29) is 42.2 Å². The monoisotopic (exact) mass is 696 g/mol. The van der Waals surface area contributed by atoms with E-state index in [0.29, 0.717) is 48.3 Å². The number of ether oxygens (including phenoxy) is 2. The minimum atomic E-state index is -0.860. The molecule has 11 nitrogen and oxygen atoms in total. The fourth-order valence-corrected chi connectivity index (χ4v) is 7.45. The molecule has 258 valence electrons. The molecule has 48 heavy (non-hydrogen) atoms. The van der Waals surface area contributed by atoms with Gasteiger partial charge in [0.2, 0.25) is 11.8 Å². The van der Waals surface area contributed by atoms with Crippen molar-refractivity contribution in [2.24, 2.45) is 11.7 Å². The number of carbonyl (C=O) groups excluding carboxylic acids is 3. The lowest BCUT2D eigenvalue weighted by atomic mass is 9.91. The highest BCUT2D eigenvalue weighted by atomic mass is 35.5. The summed E-state index contributed by atoms with van der Waals surface area (Å²) in [5.74, 6) is -0.141. The van der Waals surface area contributed by atoms with Gasteiger partial charge >= 0.3 is 6.09 Å². The Kier molecular flexibility index (Phi) is 13.2. The second-order valence-electron chi connectivity index (χ2n) is 12.5. The first-order chi connectivity index (χ1) is 23.2. The Morgan fingerprint density at radius 1 is 1.06 bits per heavy atom. The minimum absolute atomic E-state index is 0.0207. The van der Waals surface area contributed by atoms with Crippen LogP contribution >= 0.6 is 23.4 Å². The highest BCUT2D eigenvalue weighted by molar-refractivity contribution is 8.04. The number of nitrogens with two attached hydrogens (primary N) is 1. The first kappa shape index (κ1) is 35.7. The van der Waals surface area contributed by atoms with Crippen LogP contribution in [0.1, 0.15) is 49.7 Å². The lowest BCUT2D eigenvalue weighted by molar-refractivity contribution is -0.140. The number of amidine groups is 1. The third-order valence-electron chi connectivity index (χ3n) is 9.00. The molecule has 0 radical (unpaired) electrons. The molecule has 3 aliphatic heterocycles. The molecule has 3 aliphatic rings. The van der Waals surface area contributed by atoms with Crippen molar-refractivity contribution in [2.75, 3.05) is 26.2 Å². The molecular formula is C35H45ClN6O5S. The van der Waals surface area contributed by atoms with Crippen LogP contribution in [-0.4, -0.2) is 78.3 Å². The van der Waals surface area contributed by atoms with Gasteiger partial charge in [0.05, 0.1) is 12.7 Å². The van der Waals surface area contributed by atoms with E-state index >= 15 is 0 Å². The van der Waals surface area contributed by atoms with Gasteiger partial charge in [0.1, 0.15) is 24.5 Å². The van der Waals surface area contributed by atoms with Crippen molar-refractivity contribution < 1.29 is 23.9 Å². The molecule has 1 unspecified atom stereocenters. The normalized spacial score (nSPS) is 21.7. The average molecular weight is 697 g/mol. The fraction of sp³-hybridized carbons (Fsp3) is 0.486. The molecular weight excluding hydrogens is 652 g/mol. The van der Waals surface area contributed by atoms with E-state index in [9.17, 15) is 14.4 Å². The van der Waals surface area contributed by atoms with Gasteiger partial charge in [-0.15, -0.1) is 11.8 Å². The van der Waals surface area contributed by atoms with Gasteiger partial charge in [0, 0.05) is 34.7 Å². The lowest BCUT2D eigenvalue weighted by Crippen LogP contribution is -2.54. The highest BCUT2D eigenvalue weighted by Gasteiger charge is 2.43. The topological polar surface area (TPSA) is 159 Å². The zero-order valence-electron chi connectivity index (χ0n) is 27.0. The summed E-state index contributed by atoms with van der Waals surface area (Å²) in [5.41, 5.74) is 7.42. The zero-order valence-corrected chi connectivity index (χ0v) is 28.6. The van der Waals surface area contributed by atoms with E-state index in [1.54, 1.807) is 17.0 Å². The van der Waals surface area contributed by atoms with E-state index in [1.807, 2.05) is 48.5 Å². The molecule has 0 bridgehead atoms. The number of hydrogen-bond acceptors (Lipinski definition) is 8. The summed E-state index contributed by atoms with van der Waals surface area (Å²) in [7, 11) is 0. The van der Waals surface area contributed by atoms with Crippen molar-refractivity contribution in [3.63, 3.8) is 0 Å². The molecule has 2 aromatic carbocycles. The molecule has 0 aliphatic carbocycles. The summed E-state index contributed by atoms with van der Waals surface area (Å²) in [6.45, 7) is 2.83. The number of halogens is 1. The molecule has 2 fully saturated rings. The summed E-state index contributed by atoms with van der Waals surface area (Å²) < 4.78 is 11.7. The first-order valence-corrected chi connectivity index (χ1v) is 17.8. The third-order valence-corrected chi connectivity index (χ3v) is 10.6. The first-order valence-electron chi connectivity index (χ1n) is 16.6. The number of likely N-dealkylation sites (tertiary alicyclic amines) is 1. The van der Waals surface area contributed by atoms with E-state index < -0.39 is 18.2 Å². The maximum Gasteiger partial charge on any atom is 0.408 e. The van der Waals surface area contributed by atoms with Crippen molar-refractivity contribution in [3.05, 3.63) is 81.7 Å². The summed E-state index contributed by atoms with van der Waals surface area (Å²) in [4.78, 5) is 43.3. The Labute approximate surface area is 291 Å². The van der Waals surface area contributed by atoms with Crippen molar-refractivity contribution >= 4 is 47.1 Å². The number of thioether (sulfide) groups is 1. The Bertz CT molecular complexity index is 1440. The summed E-state index contributed by atoms with van der Waals surface area (Å²) in [6, 6.07) is 15.1. The maximum absolute atomic E-state index is 14.3. The van der Waals surface area contributed by atoms with Crippen LogP contribution < -0.4 is 21.7 Å². The van der Waals surface area contributed by atoms with Gasteiger partial charge in [0.15, 0.2) is 0 Å². The second kappa shape index (κ2) is 17.7. The average Bonchev–Trinajstić information content (AvgIpc) is 3.77. The predicted octanol–water partition coefficient (Wildman–Crippen LogP) is 4.34. The van der Waals surface area contributed by atoms with Gasteiger partial charge in [-0.2, -0.15) is 0 Å². The van der Waals surface area contributed by atoms with Gasteiger partial charge in [0.25, 0.3) is 0 Å². The van der Waals surface area contributed by atoms with Gasteiger partial charge in [-0.25, -0.2) is 4.79 Å². The zero-order chi connectivity index (χ0) is 33.9. The standard InChI is InChI=1S/C35H45ClN6O5S/c36-26-9-6-25(7-10-26)21-46-27-18-30(33(43)40-19-28-11-13-31(48-28)32(37)38)42(20-27)34(44)29(12-8-23-14-16-39-17-15-23)41-35(45)47-22-24-4-2-1-3-5-24/h1-7,9-10,13,23,27-30,39H,8,11-12,14-22H2,(H3,37,38)(H,40,43)(H,41,45)/t27-,28?,29-,30+/m1/s1. The number of allylic oxidation sites excluding steroid dienone is 1. The van der Waals surface area contributed by atoms with E-state index in [2.05, 4.69) is 16.0 Å². The number of hydrogen-bond donors (Lipinski definition) is 5. The van der Waals surface area contributed by atoms with Gasteiger partial charge in [-0.1, -0.05) is 60.1 Å². The highest BCUT2D eigenvalue weighted by Crippen LogP contribution is 2.32. The van der Waals surface area contributed by atoms with Crippen LogP contribution in [0, 0.1) is 11.3 Å². The second-order valence-corrected chi connectivity index (χ2v) is 14.3. The van der Waals surface area contributed by atoms with Crippen LogP contribution in [-0.2, 0) is 32.3 Å².